The number of ether oxygens (including phenoxy) is 1. The first-order valence-electron chi connectivity index (χ1n) is 8.91. The van der Waals surface area contributed by atoms with Crippen LogP contribution in [-0.2, 0) is 21.1 Å². The van der Waals surface area contributed by atoms with Crippen molar-refractivity contribution in [3.05, 3.63) is 83.5 Å². The van der Waals surface area contributed by atoms with E-state index in [0.717, 1.165) is 0 Å². The molecular formula is C22H20ClNO4S. The van der Waals surface area contributed by atoms with Crippen LogP contribution in [0.25, 0.3) is 0 Å². The number of Topliss-reactive ketones (excluding diaryl/α,β-unsaturated/α-hetero) is 1. The fraction of sp³-hybridized carbons (Fsp3) is 0.182. The predicted octanol–water partition coefficient (Wildman–Crippen LogP) is 4.89. The van der Waals surface area contributed by atoms with Crippen LogP contribution in [0.4, 0.5) is 0 Å². The Hall–Kier alpha value is -2.70. The minimum Gasteiger partial charge on any atom is -0.439 e. The molecule has 5 nitrogen and oxygen atoms in total. The Balaban J connectivity index is 1.73. The van der Waals surface area contributed by atoms with Gasteiger partial charge in [0, 0.05) is 23.7 Å². The van der Waals surface area contributed by atoms with E-state index in [1.807, 2.05) is 30.3 Å². The lowest BCUT2D eigenvalue weighted by molar-refractivity contribution is -0.120. The standard InChI is InChI=1S/C22H20ClNO4S/c1-22(2,29(26,27)19-11-9-17(23)10-12-19)20(25)14-16-8-13-21(24-15-16)28-18-6-4-3-5-7-18/h3-13,15H,14H2,1-2H3. The van der Waals surface area contributed by atoms with Crippen molar-refractivity contribution in [1.82, 2.24) is 4.98 Å². The Morgan fingerprint density at radius 1 is 1.00 bits per heavy atom. The van der Waals surface area contributed by atoms with Crippen molar-refractivity contribution >= 4 is 27.2 Å². The van der Waals surface area contributed by atoms with E-state index in [-0.39, 0.29) is 11.3 Å². The monoisotopic (exact) mass is 429 g/mol. The number of halogens is 1. The smallest absolute Gasteiger partial charge is 0.219 e. The van der Waals surface area contributed by atoms with Gasteiger partial charge >= 0.3 is 0 Å². The third kappa shape index (κ3) is 4.66. The molecule has 2 aromatic carbocycles. The molecule has 1 aromatic heterocycles. The maximum absolute atomic E-state index is 13.0. The number of carbonyl (C=O) groups is 1. The Morgan fingerprint density at radius 2 is 1.66 bits per heavy atom. The van der Waals surface area contributed by atoms with E-state index < -0.39 is 20.4 Å². The third-order valence-corrected chi connectivity index (χ3v) is 7.31. The second-order valence-corrected chi connectivity index (χ2v) is 9.92. The van der Waals surface area contributed by atoms with Crippen molar-refractivity contribution in [2.75, 3.05) is 0 Å². The van der Waals surface area contributed by atoms with E-state index >= 15 is 0 Å². The summed E-state index contributed by atoms with van der Waals surface area (Å²) in [6.45, 7) is 2.83. The average molecular weight is 430 g/mol. The molecular weight excluding hydrogens is 410 g/mol. The van der Waals surface area contributed by atoms with Crippen molar-refractivity contribution in [3.8, 4) is 11.6 Å². The van der Waals surface area contributed by atoms with Gasteiger partial charge in [-0.05, 0) is 55.8 Å². The summed E-state index contributed by atoms with van der Waals surface area (Å²) in [6.07, 6.45) is 1.46. The van der Waals surface area contributed by atoms with Gasteiger partial charge in [0.05, 0.1) is 4.90 Å². The number of ketones is 1. The first-order valence-corrected chi connectivity index (χ1v) is 10.8. The number of hydrogen-bond donors (Lipinski definition) is 0. The molecule has 0 saturated heterocycles. The molecule has 0 bridgehead atoms. The van der Waals surface area contributed by atoms with Crippen LogP contribution >= 0.6 is 11.6 Å². The van der Waals surface area contributed by atoms with Gasteiger partial charge in [0.15, 0.2) is 15.6 Å². The summed E-state index contributed by atoms with van der Waals surface area (Å²) in [7, 11) is -3.88. The third-order valence-electron chi connectivity index (χ3n) is 4.60. The summed E-state index contributed by atoms with van der Waals surface area (Å²) in [4.78, 5) is 17.1. The van der Waals surface area contributed by atoms with Crippen LogP contribution in [0.1, 0.15) is 19.4 Å². The van der Waals surface area contributed by atoms with Gasteiger partial charge in [-0.25, -0.2) is 13.4 Å². The number of hydrogen-bond acceptors (Lipinski definition) is 5. The molecule has 3 aromatic rings. The molecule has 0 fully saturated rings. The van der Waals surface area contributed by atoms with Crippen molar-refractivity contribution in [2.24, 2.45) is 0 Å². The molecule has 1 heterocycles. The van der Waals surface area contributed by atoms with Gasteiger partial charge < -0.3 is 4.74 Å². The summed E-state index contributed by atoms with van der Waals surface area (Å²) in [5, 5.41) is 0.428. The van der Waals surface area contributed by atoms with Crippen LogP contribution in [-0.4, -0.2) is 23.9 Å². The molecule has 0 atom stereocenters. The number of para-hydroxylation sites is 1. The molecule has 29 heavy (non-hydrogen) atoms. The summed E-state index contributed by atoms with van der Waals surface area (Å²) >= 11 is 5.83. The van der Waals surface area contributed by atoms with Gasteiger partial charge in [-0.15, -0.1) is 0 Å². The lowest BCUT2D eigenvalue weighted by Gasteiger charge is -2.23. The zero-order valence-corrected chi connectivity index (χ0v) is 17.6. The minimum atomic E-state index is -3.88. The highest BCUT2D eigenvalue weighted by Crippen LogP contribution is 2.28. The lowest BCUT2D eigenvalue weighted by atomic mass is 10.0. The van der Waals surface area contributed by atoms with Gasteiger partial charge in [-0.2, -0.15) is 0 Å². The van der Waals surface area contributed by atoms with Gasteiger partial charge in [-0.1, -0.05) is 35.9 Å². The van der Waals surface area contributed by atoms with Crippen LogP contribution < -0.4 is 4.74 Å². The number of benzene rings is 2. The zero-order chi connectivity index (χ0) is 21.1. The Labute approximate surface area is 175 Å². The second-order valence-electron chi connectivity index (χ2n) is 6.99. The molecule has 0 unspecified atom stereocenters. The summed E-state index contributed by atoms with van der Waals surface area (Å²) in [5.74, 6) is 0.616. The number of nitrogens with zero attached hydrogens (tertiary/aromatic N) is 1. The van der Waals surface area contributed by atoms with Gasteiger partial charge in [-0.3, -0.25) is 4.79 Å². The number of rotatable bonds is 7. The maximum atomic E-state index is 13.0. The zero-order valence-electron chi connectivity index (χ0n) is 16.0. The topological polar surface area (TPSA) is 73.3 Å². The largest absolute Gasteiger partial charge is 0.439 e. The fourth-order valence-electron chi connectivity index (χ4n) is 2.64. The first-order chi connectivity index (χ1) is 13.7. The number of aromatic nitrogens is 1. The summed E-state index contributed by atoms with van der Waals surface area (Å²) in [5.41, 5.74) is 0.606. The van der Waals surface area contributed by atoms with E-state index in [1.165, 1.54) is 44.3 Å². The highest BCUT2D eigenvalue weighted by molar-refractivity contribution is 7.93. The Bertz CT molecular complexity index is 1090. The molecule has 7 heteroatoms. The first kappa shape index (κ1) is 21.0. The van der Waals surface area contributed by atoms with Crippen LogP contribution in [0.5, 0.6) is 11.6 Å². The average Bonchev–Trinajstić information content (AvgIpc) is 2.70. The minimum absolute atomic E-state index is 0.0571. The molecule has 0 radical (unpaired) electrons. The number of pyridine rings is 1. The van der Waals surface area contributed by atoms with Crippen molar-refractivity contribution in [2.45, 2.75) is 29.9 Å². The molecule has 0 amide bonds. The summed E-state index contributed by atoms with van der Waals surface area (Å²) in [6, 6.07) is 18.4. The van der Waals surface area contributed by atoms with E-state index in [1.54, 1.807) is 12.1 Å². The Morgan fingerprint density at radius 3 is 2.24 bits per heavy atom. The van der Waals surface area contributed by atoms with Crippen molar-refractivity contribution in [1.29, 1.82) is 0 Å². The molecule has 0 aliphatic carbocycles. The highest BCUT2D eigenvalue weighted by Gasteiger charge is 2.42. The quantitative estimate of drug-likeness (QED) is 0.534. The molecule has 3 rings (SSSR count). The molecule has 150 valence electrons. The van der Waals surface area contributed by atoms with Crippen LogP contribution in [0, 0.1) is 0 Å². The number of sulfone groups is 1. The second kappa shape index (κ2) is 8.35. The molecule has 0 aliphatic rings. The lowest BCUT2D eigenvalue weighted by Crippen LogP contribution is -2.41. The highest BCUT2D eigenvalue weighted by atomic mass is 35.5. The van der Waals surface area contributed by atoms with E-state index in [2.05, 4.69) is 4.98 Å². The van der Waals surface area contributed by atoms with Crippen molar-refractivity contribution < 1.29 is 17.9 Å². The predicted molar refractivity (Wildman–Crippen MR) is 112 cm³/mol. The van der Waals surface area contributed by atoms with E-state index in [4.69, 9.17) is 16.3 Å². The van der Waals surface area contributed by atoms with Crippen LogP contribution in [0.15, 0.2) is 77.8 Å². The molecule has 0 saturated carbocycles. The van der Waals surface area contributed by atoms with Crippen LogP contribution in [0.2, 0.25) is 5.02 Å². The SMILES string of the molecule is CC(C)(C(=O)Cc1ccc(Oc2ccccc2)nc1)S(=O)(=O)c1ccc(Cl)cc1. The number of carbonyl (C=O) groups excluding carboxylic acids is 1. The van der Waals surface area contributed by atoms with E-state index in [0.29, 0.717) is 22.2 Å². The van der Waals surface area contributed by atoms with Gasteiger partial charge in [0.2, 0.25) is 5.88 Å². The fourth-order valence-corrected chi connectivity index (χ4v) is 4.22. The maximum Gasteiger partial charge on any atom is 0.219 e. The summed E-state index contributed by atoms with van der Waals surface area (Å²) < 4.78 is 29.9. The van der Waals surface area contributed by atoms with E-state index in [9.17, 15) is 13.2 Å². The van der Waals surface area contributed by atoms with Gasteiger partial charge in [0.25, 0.3) is 0 Å². The molecule has 0 aliphatic heterocycles. The van der Waals surface area contributed by atoms with Crippen LogP contribution in [0.3, 0.4) is 0 Å². The normalized spacial score (nSPS) is 11.8. The molecule has 0 N–H and O–H groups in total. The van der Waals surface area contributed by atoms with Crippen molar-refractivity contribution in [3.63, 3.8) is 0 Å². The van der Waals surface area contributed by atoms with Gasteiger partial charge in [0.1, 0.15) is 10.5 Å². The molecule has 0 spiro atoms. The Kier molecular flexibility index (Phi) is 6.05.